The van der Waals surface area contributed by atoms with Gasteiger partial charge in [-0.3, -0.25) is 4.79 Å². The van der Waals surface area contributed by atoms with Crippen LogP contribution in [0, 0.1) is 11.7 Å². The van der Waals surface area contributed by atoms with E-state index in [1.54, 1.807) is 24.3 Å². The Hall–Kier alpha value is -2.40. The minimum absolute atomic E-state index is 0.0924. The molecule has 1 amide bonds. The van der Waals surface area contributed by atoms with Crippen molar-refractivity contribution >= 4 is 34.3 Å². The minimum atomic E-state index is -0.502. The molecule has 0 radical (unpaired) electrons. The van der Waals surface area contributed by atoms with Gasteiger partial charge >= 0.3 is 0 Å². The highest BCUT2D eigenvalue weighted by atomic mass is 35.5. The third-order valence-electron chi connectivity index (χ3n) is 3.36. The maximum Gasteiger partial charge on any atom is 0.231 e. The Morgan fingerprint density at radius 1 is 1.30 bits per heavy atom. The zero-order chi connectivity index (χ0) is 16.6. The lowest BCUT2D eigenvalue weighted by molar-refractivity contribution is -0.118. The van der Waals surface area contributed by atoms with Gasteiger partial charge in [-0.25, -0.2) is 9.37 Å². The number of aromatic nitrogens is 1. The van der Waals surface area contributed by atoms with Crippen molar-refractivity contribution < 1.29 is 13.6 Å². The van der Waals surface area contributed by atoms with Crippen molar-refractivity contribution in [1.82, 2.24) is 4.98 Å². The van der Waals surface area contributed by atoms with E-state index in [4.69, 9.17) is 16.0 Å². The van der Waals surface area contributed by atoms with Crippen LogP contribution in [0.25, 0.3) is 22.6 Å². The van der Waals surface area contributed by atoms with E-state index in [-0.39, 0.29) is 28.3 Å². The number of hydrogen-bond acceptors (Lipinski definition) is 3. The summed E-state index contributed by atoms with van der Waals surface area (Å²) >= 11 is 6.03. The van der Waals surface area contributed by atoms with Crippen molar-refractivity contribution in [3.8, 4) is 11.5 Å². The summed E-state index contributed by atoms with van der Waals surface area (Å²) in [7, 11) is 0. The molecular weight excluding hydrogens is 319 g/mol. The summed E-state index contributed by atoms with van der Waals surface area (Å²) in [4.78, 5) is 16.0. The standard InChI is InChI=1S/C17H14ClFN2O2/c1-9(2)16(22)20-10-6-7-14-13(8-10)21-17(23-14)15-11(18)4-3-5-12(15)19/h3-9H,1-2H3,(H,20,22). The molecule has 0 atom stereocenters. The van der Waals surface area contributed by atoms with Crippen molar-refractivity contribution in [1.29, 1.82) is 0 Å². The zero-order valence-electron chi connectivity index (χ0n) is 12.6. The van der Waals surface area contributed by atoms with Crippen LogP contribution in [0.5, 0.6) is 0 Å². The Balaban J connectivity index is 2.01. The van der Waals surface area contributed by atoms with E-state index < -0.39 is 5.82 Å². The molecule has 118 valence electrons. The molecule has 3 aromatic rings. The third kappa shape index (κ3) is 3.05. The SMILES string of the molecule is CC(C)C(=O)Nc1ccc2oc(-c3c(F)cccc3Cl)nc2c1. The molecule has 1 heterocycles. The lowest BCUT2D eigenvalue weighted by atomic mass is 10.2. The van der Waals surface area contributed by atoms with Gasteiger partial charge in [0.05, 0.1) is 10.6 Å². The largest absolute Gasteiger partial charge is 0.436 e. The quantitative estimate of drug-likeness (QED) is 0.743. The highest BCUT2D eigenvalue weighted by Gasteiger charge is 2.16. The molecule has 0 bridgehead atoms. The molecule has 4 nitrogen and oxygen atoms in total. The number of hydrogen-bond donors (Lipinski definition) is 1. The first kappa shape index (κ1) is 15.5. The Morgan fingerprint density at radius 2 is 2.09 bits per heavy atom. The van der Waals surface area contributed by atoms with Crippen LogP contribution in [0.4, 0.5) is 10.1 Å². The summed E-state index contributed by atoms with van der Waals surface area (Å²) in [5.74, 6) is -0.617. The Labute approximate surface area is 137 Å². The maximum absolute atomic E-state index is 14.0. The maximum atomic E-state index is 14.0. The van der Waals surface area contributed by atoms with Crippen molar-refractivity contribution in [3.05, 3.63) is 47.2 Å². The highest BCUT2D eigenvalue weighted by molar-refractivity contribution is 6.33. The van der Waals surface area contributed by atoms with Gasteiger partial charge in [0.2, 0.25) is 11.8 Å². The van der Waals surface area contributed by atoms with Crippen LogP contribution in [0.3, 0.4) is 0 Å². The van der Waals surface area contributed by atoms with E-state index >= 15 is 0 Å². The summed E-state index contributed by atoms with van der Waals surface area (Å²) in [6, 6.07) is 9.45. The molecule has 0 aliphatic carbocycles. The molecule has 1 aromatic heterocycles. The van der Waals surface area contributed by atoms with Crippen LogP contribution < -0.4 is 5.32 Å². The molecule has 0 aliphatic rings. The summed E-state index contributed by atoms with van der Waals surface area (Å²) in [5, 5.41) is 3.01. The second kappa shape index (κ2) is 6.01. The number of oxazole rings is 1. The molecule has 0 unspecified atom stereocenters. The number of fused-ring (bicyclic) bond motifs is 1. The number of halogens is 2. The molecule has 0 fully saturated rings. The van der Waals surface area contributed by atoms with Gasteiger partial charge in [-0.1, -0.05) is 31.5 Å². The normalized spacial score (nSPS) is 11.2. The molecule has 0 saturated carbocycles. The smallest absolute Gasteiger partial charge is 0.231 e. The van der Waals surface area contributed by atoms with Gasteiger partial charge in [0.25, 0.3) is 0 Å². The fourth-order valence-corrected chi connectivity index (χ4v) is 2.34. The van der Waals surface area contributed by atoms with Crippen molar-refractivity contribution in [3.63, 3.8) is 0 Å². The first-order chi connectivity index (χ1) is 11.0. The fourth-order valence-electron chi connectivity index (χ4n) is 2.10. The average Bonchev–Trinajstić information content (AvgIpc) is 2.89. The number of carbonyl (C=O) groups excluding carboxylic acids is 1. The lowest BCUT2D eigenvalue weighted by Crippen LogP contribution is -2.17. The van der Waals surface area contributed by atoms with Crippen LogP contribution in [0.2, 0.25) is 5.02 Å². The Morgan fingerprint density at radius 3 is 2.78 bits per heavy atom. The first-order valence-corrected chi connectivity index (χ1v) is 7.49. The summed E-state index contributed by atoms with van der Waals surface area (Å²) < 4.78 is 19.5. The van der Waals surface area contributed by atoms with Crippen molar-refractivity contribution in [2.24, 2.45) is 5.92 Å². The number of nitrogens with one attached hydrogen (secondary N) is 1. The highest BCUT2D eigenvalue weighted by Crippen LogP contribution is 2.32. The van der Waals surface area contributed by atoms with Gasteiger partial charge < -0.3 is 9.73 Å². The average molecular weight is 333 g/mol. The van der Waals surface area contributed by atoms with Gasteiger partial charge in [-0.05, 0) is 30.3 Å². The number of rotatable bonds is 3. The number of carbonyl (C=O) groups is 1. The molecule has 23 heavy (non-hydrogen) atoms. The number of benzene rings is 2. The van der Waals surface area contributed by atoms with E-state index in [1.165, 1.54) is 12.1 Å². The van der Waals surface area contributed by atoms with Gasteiger partial charge in [-0.2, -0.15) is 0 Å². The second-order valence-electron chi connectivity index (χ2n) is 5.44. The first-order valence-electron chi connectivity index (χ1n) is 7.11. The van der Waals surface area contributed by atoms with Crippen LogP contribution >= 0.6 is 11.6 Å². The zero-order valence-corrected chi connectivity index (χ0v) is 13.3. The van der Waals surface area contributed by atoms with E-state index in [2.05, 4.69) is 10.3 Å². The van der Waals surface area contributed by atoms with E-state index in [0.29, 0.717) is 16.8 Å². The molecule has 0 spiro atoms. The van der Waals surface area contributed by atoms with Crippen molar-refractivity contribution in [2.45, 2.75) is 13.8 Å². The molecule has 1 N–H and O–H groups in total. The van der Waals surface area contributed by atoms with Crippen molar-refractivity contribution in [2.75, 3.05) is 5.32 Å². The monoisotopic (exact) mass is 332 g/mol. The van der Waals surface area contributed by atoms with Crippen LogP contribution in [0.1, 0.15) is 13.8 Å². The Kier molecular flexibility index (Phi) is 4.05. The minimum Gasteiger partial charge on any atom is -0.436 e. The fraction of sp³-hybridized carbons (Fsp3) is 0.176. The lowest BCUT2D eigenvalue weighted by Gasteiger charge is -2.06. The Bertz CT molecular complexity index is 869. The molecular formula is C17H14ClFN2O2. The third-order valence-corrected chi connectivity index (χ3v) is 3.67. The molecule has 0 aliphatic heterocycles. The molecule has 2 aromatic carbocycles. The molecule has 6 heteroatoms. The van der Waals surface area contributed by atoms with Gasteiger partial charge in [0.15, 0.2) is 5.58 Å². The van der Waals surface area contributed by atoms with E-state index in [1.807, 2.05) is 13.8 Å². The summed E-state index contributed by atoms with van der Waals surface area (Å²) in [6.45, 7) is 3.62. The van der Waals surface area contributed by atoms with E-state index in [0.717, 1.165) is 0 Å². The molecule has 3 rings (SSSR count). The van der Waals surface area contributed by atoms with E-state index in [9.17, 15) is 9.18 Å². The van der Waals surface area contributed by atoms with Gasteiger partial charge in [0, 0.05) is 11.6 Å². The number of amides is 1. The van der Waals surface area contributed by atoms with Crippen LogP contribution in [-0.2, 0) is 4.79 Å². The topological polar surface area (TPSA) is 55.1 Å². The number of nitrogens with zero attached hydrogens (tertiary/aromatic N) is 1. The van der Waals surface area contributed by atoms with Gasteiger partial charge in [-0.15, -0.1) is 0 Å². The van der Waals surface area contributed by atoms with Gasteiger partial charge in [0.1, 0.15) is 11.3 Å². The second-order valence-corrected chi connectivity index (χ2v) is 5.85. The number of anilines is 1. The van der Waals surface area contributed by atoms with Crippen LogP contribution in [0.15, 0.2) is 40.8 Å². The summed E-state index contributed by atoms with van der Waals surface area (Å²) in [6.07, 6.45) is 0. The van der Waals surface area contributed by atoms with Crippen LogP contribution in [-0.4, -0.2) is 10.9 Å². The predicted octanol–water partition coefficient (Wildman–Crippen LogP) is 4.88. The summed E-state index contributed by atoms with van der Waals surface area (Å²) in [5.41, 5.74) is 1.73. The molecule has 0 saturated heterocycles. The predicted molar refractivity (Wildman–Crippen MR) is 87.9 cm³/mol.